The first-order valence-corrected chi connectivity index (χ1v) is 5.06. The Morgan fingerprint density at radius 2 is 2.00 bits per heavy atom. The van der Waals surface area contributed by atoms with Crippen LogP contribution in [0.4, 0.5) is 8.78 Å². The van der Waals surface area contributed by atoms with E-state index < -0.39 is 23.6 Å². The predicted molar refractivity (Wildman–Crippen MR) is 56.4 cm³/mol. The van der Waals surface area contributed by atoms with Crippen molar-refractivity contribution in [2.75, 3.05) is 0 Å². The zero-order valence-electron chi connectivity index (χ0n) is 9.32. The molecule has 0 fully saturated rings. The number of aromatic nitrogens is 4. The minimum Gasteiger partial charge on any atom is -0.342 e. The Balaban J connectivity index is 2.12. The van der Waals surface area contributed by atoms with Gasteiger partial charge in [-0.25, -0.2) is 8.78 Å². The molecule has 8 heteroatoms. The maximum Gasteiger partial charge on any atom is 0.252 e. The van der Waals surface area contributed by atoms with E-state index in [1.165, 1.54) is 0 Å². The molecule has 0 bridgehead atoms. The van der Waals surface area contributed by atoms with Gasteiger partial charge in [0.25, 0.3) is 5.91 Å². The number of hydrogen-bond acceptors (Lipinski definition) is 4. The molecule has 18 heavy (non-hydrogen) atoms. The number of benzene rings is 1. The maximum atomic E-state index is 12.9. The Morgan fingerprint density at radius 3 is 2.56 bits per heavy atom. The van der Waals surface area contributed by atoms with Gasteiger partial charge in [-0.3, -0.25) is 4.79 Å². The van der Waals surface area contributed by atoms with Gasteiger partial charge in [0.05, 0.1) is 6.04 Å². The molecule has 1 amide bonds. The fourth-order valence-electron chi connectivity index (χ4n) is 1.38. The lowest BCUT2D eigenvalue weighted by molar-refractivity contribution is 0.0937. The van der Waals surface area contributed by atoms with E-state index >= 15 is 0 Å². The number of nitrogens with zero attached hydrogens (tertiary/aromatic N) is 3. The Morgan fingerprint density at radius 1 is 1.33 bits per heavy atom. The van der Waals surface area contributed by atoms with Gasteiger partial charge in [-0.15, -0.1) is 10.2 Å². The van der Waals surface area contributed by atoms with Crippen LogP contribution < -0.4 is 5.32 Å². The van der Waals surface area contributed by atoms with Crippen LogP contribution in [0.3, 0.4) is 0 Å². The van der Waals surface area contributed by atoms with Crippen LogP contribution in [0.5, 0.6) is 0 Å². The third kappa shape index (κ3) is 2.65. The number of nitrogens with one attached hydrogen (secondary N) is 2. The minimum atomic E-state index is -0.813. The smallest absolute Gasteiger partial charge is 0.252 e. The second kappa shape index (κ2) is 4.86. The van der Waals surface area contributed by atoms with Gasteiger partial charge in [-0.2, -0.15) is 5.21 Å². The molecule has 6 nitrogen and oxygen atoms in total. The maximum absolute atomic E-state index is 12.9. The second-order valence-electron chi connectivity index (χ2n) is 3.62. The van der Waals surface area contributed by atoms with E-state index in [0.717, 1.165) is 12.1 Å². The van der Waals surface area contributed by atoms with Crippen molar-refractivity contribution in [3.63, 3.8) is 0 Å². The van der Waals surface area contributed by atoms with Crippen LogP contribution in [0.15, 0.2) is 18.2 Å². The van der Waals surface area contributed by atoms with E-state index in [1.807, 2.05) is 0 Å². The first-order chi connectivity index (χ1) is 8.56. The Labute approximate surface area is 100 Å². The molecular formula is C10H9F2N5O. The van der Waals surface area contributed by atoms with Gasteiger partial charge in [0.1, 0.15) is 11.6 Å². The molecule has 2 rings (SSSR count). The van der Waals surface area contributed by atoms with Crippen LogP contribution in [0.2, 0.25) is 0 Å². The number of carbonyl (C=O) groups excluding carboxylic acids is 1. The number of halogens is 2. The molecule has 1 aromatic heterocycles. The van der Waals surface area contributed by atoms with Gasteiger partial charge in [-0.1, -0.05) is 5.21 Å². The van der Waals surface area contributed by atoms with Crippen molar-refractivity contribution in [3.8, 4) is 0 Å². The summed E-state index contributed by atoms with van der Waals surface area (Å²) in [7, 11) is 0. The van der Waals surface area contributed by atoms with E-state index in [1.54, 1.807) is 6.92 Å². The molecule has 0 aliphatic carbocycles. The summed E-state index contributed by atoms with van der Waals surface area (Å²) in [6.07, 6.45) is 0. The fraction of sp³-hybridized carbons (Fsp3) is 0.200. The monoisotopic (exact) mass is 253 g/mol. The summed E-state index contributed by atoms with van der Waals surface area (Å²) in [5.74, 6) is -1.97. The minimum absolute atomic E-state index is 0.108. The number of aromatic amines is 1. The summed E-state index contributed by atoms with van der Waals surface area (Å²) >= 11 is 0. The highest BCUT2D eigenvalue weighted by Crippen LogP contribution is 2.10. The average molecular weight is 253 g/mol. The molecule has 0 radical (unpaired) electrons. The predicted octanol–water partition coefficient (Wildman–Crippen LogP) is 0.969. The number of H-pyrrole nitrogens is 1. The number of tetrazole rings is 1. The van der Waals surface area contributed by atoms with Crippen LogP contribution in [-0.2, 0) is 0 Å². The van der Waals surface area contributed by atoms with Crippen molar-refractivity contribution in [2.24, 2.45) is 0 Å². The van der Waals surface area contributed by atoms with E-state index in [-0.39, 0.29) is 11.4 Å². The normalized spacial score (nSPS) is 12.2. The third-order valence-corrected chi connectivity index (χ3v) is 2.22. The van der Waals surface area contributed by atoms with Crippen molar-refractivity contribution < 1.29 is 13.6 Å². The number of amides is 1. The molecule has 0 aliphatic rings. The molecule has 94 valence electrons. The van der Waals surface area contributed by atoms with Crippen molar-refractivity contribution in [3.05, 3.63) is 41.2 Å². The van der Waals surface area contributed by atoms with Crippen LogP contribution in [0.1, 0.15) is 29.1 Å². The van der Waals surface area contributed by atoms with Crippen molar-refractivity contribution in [1.29, 1.82) is 0 Å². The lowest BCUT2D eigenvalue weighted by Crippen LogP contribution is -2.27. The van der Waals surface area contributed by atoms with Gasteiger partial charge < -0.3 is 5.32 Å². The topological polar surface area (TPSA) is 83.6 Å². The first kappa shape index (κ1) is 12.1. The van der Waals surface area contributed by atoms with Crippen molar-refractivity contribution in [2.45, 2.75) is 13.0 Å². The van der Waals surface area contributed by atoms with E-state index in [4.69, 9.17) is 0 Å². The molecule has 0 saturated heterocycles. The van der Waals surface area contributed by atoms with E-state index in [0.29, 0.717) is 6.07 Å². The first-order valence-electron chi connectivity index (χ1n) is 5.06. The second-order valence-corrected chi connectivity index (χ2v) is 3.62. The average Bonchev–Trinajstić information content (AvgIpc) is 2.80. The van der Waals surface area contributed by atoms with Crippen LogP contribution >= 0.6 is 0 Å². The Bertz CT molecular complexity index is 537. The summed E-state index contributed by atoms with van der Waals surface area (Å²) in [4.78, 5) is 11.7. The number of hydrogen-bond donors (Lipinski definition) is 2. The molecule has 0 saturated carbocycles. The molecular weight excluding hydrogens is 244 g/mol. The van der Waals surface area contributed by atoms with E-state index in [9.17, 15) is 13.6 Å². The Hall–Kier alpha value is -2.38. The largest absolute Gasteiger partial charge is 0.342 e. The SMILES string of the molecule is CC(NC(=O)c1cc(F)cc(F)c1)c1nn[nH]n1. The molecule has 1 heterocycles. The van der Waals surface area contributed by atoms with Crippen LogP contribution in [0.25, 0.3) is 0 Å². The van der Waals surface area contributed by atoms with Gasteiger partial charge in [0.2, 0.25) is 0 Å². The molecule has 2 N–H and O–H groups in total. The molecule has 0 spiro atoms. The zero-order valence-corrected chi connectivity index (χ0v) is 9.32. The fourth-order valence-corrected chi connectivity index (χ4v) is 1.38. The molecule has 1 atom stereocenters. The molecule has 0 aliphatic heterocycles. The molecule has 2 aromatic rings. The van der Waals surface area contributed by atoms with Gasteiger partial charge in [0, 0.05) is 11.6 Å². The summed E-state index contributed by atoms with van der Waals surface area (Å²) in [5, 5.41) is 15.5. The van der Waals surface area contributed by atoms with Crippen LogP contribution in [0, 0.1) is 11.6 Å². The van der Waals surface area contributed by atoms with Gasteiger partial charge in [-0.05, 0) is 19.1 Å². The summed E-state index contributed by atoms with van der Waals surface area (Å²) in [6, 6.07) is 2.06. The lowest BCUT2D eigenvalue weighted by atomic mass is 10.2. The lowest BCUT2D eigenvalue weighted by Gasteiger charge is -2.09. The highest BCUT2D eigenvalue weighted by molar-refractivity contribution is 5.94. The number of carbonyl (C=O) groups is 1. The standard InChI is InChI=1S/C10H9F2N5O/c1-5(9-14-16-17-15-9)13-10(18)6-2-7(11)4-8(12)3-6/h2-5H,1H3,(H,13,18)(H,14,15,16,17). The number of rotatable bonds is 3. The summed E-state index contributed by atoms with van der Waals surface area (Å²) < 4.78 is 25.9. The third-order valence-electron chi connectivity index (χ3n) is 2.22. The highest BCUT2D eigenvalue weighted by Gasteiger charge is 2.15. The summed E-state index contributed by atoms with van der Waals surface area (Å²) in [6.45, 7) is 1.62. The van der Waals surface area contributed by atoms with Crippen molar-refractivity contribution >= 4 is 5.91 Å². The zero-order chi connectivity index (χ0) is 13.1. The molecule has 1 aromatic carbocycles. The van der Waals surface area contributed by atoms with Crippen molar-refractivity contribution in [1.82, 2.24) is 25.9 Å². The summed E-state index contributed by atoms with van der Waals surface area (Å²) in [5.41, 5.74) is -0.108. The van der Waals surface area contributed by atoms with E-state index in [2.05, 4.69) is 25.9 Å². The molecule has 1 unspecified atom stereocenters. The highest BCUT2D eigenvalue weighted by atomic mass is 19.1. The van der Waals surface area contributed by atoms with Gasteiger partial charge in [0.15, 0.2) is 5.82 Å². The van der Waals surface area contributed by atoms with Crippen LogP contribution in [-0.4, -0.2) is 26.5 Å². The van der Waals surface area contributed by atoms with Gasteiger partial charge >= 0.3 is 0 Å². The Kier molecular flexibility index (Phi) is 3.26. The quantitative estimate of drug-likeness (QED) is 0.853.